The molecule has 0 aromatic heterocycles. The Hall–Kier alpha value is 0.0631. The van der Waals surface area contributed by atoms with Crippen LogP contribution in [0, 0.1) is 6.58 Å². The zero-order chi connectivity index (χ0) is 19.8. The smallest absolute Gasteiger partial charge is 0.780 e. The molecule has 1 aromatic carbocycles. The van der Waals surface area contributed by atoms with E-state index in [1.807, 2.05) is 30.3 Å². The topological polar surface area (TPSA) is 0 Å². The van der Waals surface area contributed by atoms with Crippen LogP contribution in [-0.4, -0.2) is 0 Å². The summed E-state index contributed by atoms with van der Waals surface area (Å²) in [6, 6.07) is 9.62. The number of hydrogen-bond acceptors (Lipinski definition) is 1. The zero-order valence-corrected chi connectivity index (χ0v) is 21.7. The average Bonchev–Trinajstić information content (AvgIpc) is 3.45. The molecular formula is C26H44SZr+2. The molecule has 0 heterocycles. The third-order valence-corrected chi connectivity index (χ3v) is 5.24. The summed E-state index contributed by atoms with van der Waals surface area (Å²) >= 11 is 4.81. The van der Waals surface area contributed by atoms with Crippen LogP contribution in [0.15, 0.2) is 41.3 Å². The van der Waals surface area contributed by atoms with E-state index in [1.54, 1.807) is 6.08 Å². The molecular weight excluding hydrogens is 436 g/mol. The van der Waals surface area contributed by atoms with Crippen LogP contribution in [-0.2, 0) is 38.8 Å². The standard InChI is InChI=1S/C10H19.C6H6S.2C5H10.Zr/c1-3-5-7-9-10-8-6-4-2;7-6-4-2-1-3-5-6;2*1-2-4-5-3-1;/h1,3H,4-10H2,2H3;1-5,7H;2*1-5H2;/q-1;;;;+4/p-1. The summed E-state index contributed by atoms with van der Waals surface area (Å²) in [5.41, 5.74) is 0. The van der Waals surface area contributed by atoms with Crippen LogP contribution >= 0.6 is 0 Å². The Bertz CT molecular complexity index is 357. The molecule has 0 bridgehead atoms. The van der Waals surface area contributed by atoms with Crippen molar-refractivity contribution in [3.05, 3.63) is 43.0 Å². The summed E-state index contributed by atoms with van der Waals surface area (Å²) < 4.78 is 0. The summed E-state index contributed by atoms with van der Waals surface area (Å²) in [5, 5.41) is 0. The second-order valence-electron chi connectivity index (χ2n) is 7.64. The number of rotatable bonds is 7. The van der Waals surface area contributed by atoms with Gasteiger partial charge in [-0.05, 0) is 0 Å². The van der Waals surface area contributed by atoms with E-state index in [2.05, 4.69) is 6.92 Å². The van der Waals surface area contributed by atoms with E-state index in [0.717, 1.165) is 11.3 Å². The number of hydrogen-bond donors (Lipinski definition) is 0. The second-order valence-corrected chi connectivity index (χ2v) is 8.11. The van der Waals surface area contributed by atoms with Gasteiger partial charge in [0.05, 0.1) is 0 Å². The summed E-state index contributed by atoms with van der Waals surface area (Å²) in [7, 11) is 0. The molecule has 1 aromatic rings. The molecule has 0 nitrogen and oxygen atoms in total. The molecule has 2 saturated carbocycles. The largest absolute Gasteiger partial charge is 4.00 e. The van der Waals surface area contributed by atoms with Crippen molar-refractivity contribution < 1.29 is 26.2 Å². The Labute approximate surface area is 201 Å². The van der Waals surface area contributed by atoms with Gasteiger partial charge in [0.1, 0.15) is 0 Å². The Morgan fingerprint density at radius 2 is 1.11 bits per heavy atom. The maximum Gasteiger partial charge on any atom is 4.00 e. The maximum atomic E-state index is 5.24. The van der Waals surface area contributed by atoms with Crippen molar-refractivity contribution in [2.45, 2.75) is 121 Å². The number of unbranched alkanes of at least 4 members (excludes halogenated alkanes) is 6. The summed E-state index contributed by atoms with van der Waals surface area (Å²) in [6.45, 7) is 7.49. The van der Waals surface area contributed by atoms with Crippen molar-refractivity contribution >= 4 is 12.6 Å². The van der Waals surface area contributed by atoms with E-state index in [9.17, 15) is 0 Å². The van der Waals surface area contributed by atoms with Gasteiger partial charge in [0.25, 0.3) is 0 Å². The predicted octanol–water partition coefficient (Wildman–Crippen LogP) is 9.22. The third-order valence-electron chi connectivity index (χ3n) is 4.97. The first-order valence-electron chi connectivity index (χ1n) is 11.6. The van der Waals surface area contributed by atoms with Crippen LogP contribution in [0.1, 0.15) is 116 Å². The second kappa shape index (κ2) is 27.1. The number of allylic oxidation sites excluding steroid dienone is 1. The first kappa shape index (κ1) is 30.3. The molecule has 2 aliphatic rings. The molecule has 2 heteroatoms. The van der Waals surface area contributed by atoms with Gasteiger partial charge in [0.2, 0.25) is 0 Å². The minimum Gasteiger partial charge on any atom is -0.780 e. The van der Waals surface area contributed by atoms with Crippen molar-refractivity contribution in [3.63, 3.8) is 0 Å². The van der Waals surface area contributed by atoms with Gasteiger partial charge in [-0.15, -0.1) is 0 Å². The Kier molecular flexibility index (Phi) is 29.2. The molecule has 2 aliphatic carbocycles. The Morgan fingerprint density at radius 3 is 1.43 bits per heavy atom. The molecule has 2 fully saturated rings. The monoisotopic (exact) mass is 478 g/mol. The average molecular weight is 480 g/mol. The molecule has 0 amide bonds. The molecule has 28 heavy (non-hydrogen) atoms. The fourth-order valence-corrected chi connectivity index (χ4v) is 3.39. The third kappa shape index (κ3) is 26.1. The van der Waals surface area contributed by atoms with Crippen LogP contribution in [0.3, 0.4) is 0 Å². The van der Waals surface area contributed by atoms with Gasteiger partial charge in [0.15, 0.2) is 0 Å². The molecule has 156 valence electrons. The van der Waals surface area contributed by atoms with Crippen LogP contribution < -0.4 is 0 Å². The van der Waals surface area contributed by atoms with Crippen molar-refractivity contribution in [2.24, 2.45) is 0 Å². The van der Waals surface area contributed by atoms with Gasteiger partial charge < -0.3 is 19.2 Å². The van der Waals surface area contributed by atoms with Crippen molar-refractivity contribution in [2.75, 3.05) is 0 Å². The molecule has 0 radical (unpaired) electrons. The zero-order valence-electron chi connectivity index (χ0n) is 18.5. The van der Waals surface area contributed by atoms with Crippen LogP contribution in [0.25, 0.3) is 0 Å². The minimum absolute atomic E-state index is 0. The van der Waals surface area contributed by atoms with Crippen LogP contribution in [0.4, 0.5) is 0 Å². The molecule has 0 unspecified atom stereocenters. The normalized spacial score (nSPS) is 14.2. The number of benzene rings is 1. The van der Waals surface area contributed by atoms with Gasteiger partial charge in [-0.2, -0.15) is 4.90 Å². The summed E-state index contributed by atoms with van der Waals surface area (Å²) in [5.74, 6) is 0. The predicted molar refractivity (Wildman–Crippen MR) is 125 cm³/mol. The molecule has 0 spiro atoms. The van der Waals surface area contributed by atoms with Gasteiger partial charge in [-0.25, -0.2) is 0 Å². The molecule has 0 saturated heterocycles. The van der Waals surface area contributed by atoms with Crippen molar-refractivity contribution in [1.29, 1.82) is 0 Å². The summed E-state index contributed by atoms with van der Waals surface area (Å²) in [4.78, 5) is 0.905. The summed E-state index contributed by atoms with van der Waals surface area (Å²) in [6.07, 6.45) is 26.0. The first-order chi connectivity index (χ1) is 13.3. The fourth-order valence-electron chi connectivity index (χ4n) is 3.23. The minimum atomic E-state index is 0. The van der Waals surface area contributed by atoms with E-state index < -0.39 is 0 Å². The van der Waals surface area contributed by atoms with Gasteiger partial charge in [0, 0.05) is 0 Å². The Balaban J connectivity index is 0. The molecule has 0 atom stereocenters. The van der Waals surface area contributed by atoms with Gasteiger partial charge in [-0.3, -0.25) is 6.08 Å². The quantitative estimate of drug-likeness (QED) is 0.213. The maximum absolute atomic E-state index is 5.24. The first-order valence-corrected chi connectivity index (χ1v) is 12.0. The van der Waals surface area contributed by atoms with Crippen LogP contribution in [0.2, 0.25) is 0 Å². The van der Waals surface area contributed by atoms with E-state index in [-0.39, 0.29) is 26.2 Å². The molecule has 3 rings (SSSR count). The molecule has 0 N–H and O–H groups in total. The fraction of sp³-hybridized carbons (Fsp3) is 0.692. The van der Waals surface area contributed by atoms with E-state index in [0.29, 0.717) is 0 Å². The van der Waals surface area contributed by atoms with E-state index >= 15 is 0 Å². The molecule has 0 aliphatic heterocycles. The van der Waals surface area contributed by atoms with Gasteiger partial charge in [-0.1, -0.05) is 146 Å². The van der Waals surface area contributed by atoms with E-state index in [4.69, 9.17) is 19.2 Å². The van der Waals surface area contributed by atoms with Crippen molar-refractivity contribution in [3.8, 4) is 0 Å². The van der Waals surface area contributed by atoms with Crippen LogP contribution in [0.5, 0.6) is 0 Å². The SMILES string of the molecule is C1CCCC1.C1CCCC1.[CH-]=CCCCCCCCC.[S-]c1ccccc1.[Zr+4]. The Morgan fingerprint density at radius 1 is 0.714 bits per heavy atom. The van der Waals surface area contributed by atoms with Crippen molar-refractivity contribution in [1.82, 2.24) is 0 Å². The van der Waals surface area contributed by atoms with E-state index in [1.165, 1.54) is 103 Å². The van der Waals surface area contributed by atoms with Gasteiger partial charge >= 0.3 is 26.2 Å².